The zero-order valence-corrected chi connectivity index (χ0v) is 19.1. The van der Waals surface area contributed by atoms with Crippen molar-refractivity contribution >= 4 is 17.2 Å². The summed E-state index contributed by atoms with van der Waals surface area (Å²) in [4.78, 5) is 35.7. The molecule has 0 aliphatic rings. The zero-order chi connectivity index (χ0) is 21.3. The van der Waals surface area contributed by atoms with Gasteiger partial charge in [0.25, 0.3) is 0 Å². The summed E-state index contributed by atoms with van der Waals surface area (Å²) in [5, 5.41) is 9.64. The minimum Gasteiger partial charge on any atom is -0.396 e. The first-order valence-electron chi connectivity index (χ1n) is 10.1. The lowest BCUT2D eigenvalue weighted by Crippen LogP contribution is -2.40. The molecule has 0 heterocycles. The zero-order valence-electron chi connectivity index (χ0n) is 17.3. The van der Waals surface area contributed by atoms with E-state index in [2.05, 4.69) is 13.8 Å². The van der Waals surface area contributed by atoms with E-state index >= 15 is 0 Å². The van der Waals surface area contributed by atoms with Crippen molar-refractivity contribution in [1.29, 1.82) is 0 Å². The van der Waals surface area contributed by atoms with E-state index in [9.17, 15) is 5.11 Å². The lowest BCUT2D eigenvalue weighted by atomic mass is 9.93. The normalized spacial score (nSPS) is 12.6. The van der Waals surface area contributed by atoms with Gasteiger partial charge in [-0.05, 0) is 12.3 Å². The van der Waals surface area contributed by atoms with Crippen molar-refractivity contribution in [3.05, 3.63) is 0 Å². The quantitative estimate of drug-likeness (QED) is 0.142. The Morgan fingerprint density at radius 1 is 0.714 bits per heavy atom. The smallest absolute Gasteiger partial charge is 0.327 e. The molecule has 0 saturated carbocycles. The molecule has 0 aliphatic heterocycles. The van der Waals surface area contributed by atoms with Gasteiger partial charge >= 0.3 is 17.2 Å². The maximum Gasteiger partial charge on any atom is 0.327 e. The summed E-state index contributed by atoms with van der Waals surface area (Å²) in [6.07, 6.45) is 10.9. The average molecular weight is 446 g/mol. The molecule has 170 valence electrons. The Balaban J connectivity index is 3.85. The standard InChI is InChI=1S/C18H40O8P2/c1-17(2)11-9-7-5-3-4-6-8-10-12-24-14-18(13-19,15-25-27(20)21)16-26-28(22)23/h17,19-23H,3-16H2,1-2H3. The SMILES string of the molecule is CC(C)CCCCCCCCCCOCC(CO)(COP(O)O)COP(O)O. The van der Waals surface area contributed by atoms with Crippen LogP contribution < -0.4 is 0 Å². The van der Waals surface area contributed by atoms with Gasteiger partial charge in [0, 0.05) is 6.61 Å². The highest BCUT2D eigenvalue weighted by Crippen LogP contribution is 2.33. The summed E-state index contributed by atoms with van der Waals surface area (Å²) >= 11 is 0. The van der Waals surface area contributed by atoms with Gasteiger partial charge in [-0.1, -0.05) is 65.2 Å². The number of rotatable bonds is 20. The first-order chi connectivity index (χ1) is 13.3. The van der Waals surface area contributed by atoms with E-state index in [1.165, 1.54) is 44.9 Å². The lowest BCUT2D eigenvalue weighted by molar-refractivity contribution is -0.0500. The Morgan fingerprint density at radius 3 is 1.61 bits per heavy atom. The molecule has 0 aliphatic carbocycles. The number of hydrogen-bond acceptors (Lipinski definition) is 8. The third kappa shape index (κ3) is 17.4. The second kappa shape index (κ2) is 18.3. The van der Waals surface area contributed by atoms with E-state index in [1.54, 1.807) is 0 Å². The van der Waals surface area contributed by atoms with Crippen molar-refractivity contribution in [3.63, 3.8) is 0 Å². The summed E-state index contributed by atoms with van der Waals surface area (Å²) < 4.78 is 15.2. The van der Waals surface area contributed by atoms with Gasteiger partial charge < -0.3 is 38.5 Å². The molecule has 0 radical (unpaired) electrons. The van der Waals surface area contributed by atoms with Gasteiger partial charge in [-0.3, -0.25) is 0 Å². The topological polar surface area (TPSA) is 129 Å². The number of ether oxygens (including phenoxy) is 1. The number of hydrogen-bond donors (Lipinski definition) is 5. The van der Waals surface area contributed by atoms with Crippen molar-refractivity contribution in [2.45, 2.75) is 71.6 Å². The van der Waals surface area contributed by atoms with Crippen LogP contribution in [0, 0.1) is 11.3 Å². The highest BCUT2D eigenvalue weighted by Gasteiger charge is 2.33. The Hall–Kier alpha value is 0.540. The predicted molar refractivity (Wildman–Crippen MR) is 111 cm³/mol. The molecule has 0 atom stereocenters. The fourth-order valence-electron chi connectivity index (χ4n) is 2.76. The van der Waals surface area contributed by atoms with Crippen LogP contribution in [0.3, 0.4) is 0 Å². The summed E-state index contributed by atoms with van der Waals surface area (Å²) in [7, 11) is -5.15. The summed E-state index contributed by atoms with van der Waals surface area (Å²) in [6.45, 7) is 4.25. The molecular formula is C18H40O8P2. The molecule has 8 nitrogen and oxygen atoms in total. The van der Waals surface area contributed by atoms with E-state index in [4.69, 9.17) is 33.4 Å². The van der Waals surface area contributed by atoms with Crippen LogP contribution in [-0.4, -0.2) is 57.7 Å². The molecule has 0 bridgehead atoms. The van der Waals surface area contributed by atoms with Crippen molar-refractivity contribution in [2.75, 3.05) is 33.0 Å². The van der Waals surface area contributed by atoms with Crippen LogP contribution in [-0.2, 0) is 13.8 Å². The molecule has 0 aromatic rings. The third-order valence-corrected chi connectivity index (χ3v) is 5.26. The van der Waals surface area contributed by atoms with E-state index in [-0.39, 0.29) is 19.8 Å². The van der Waals surface area contributed by atoms with Gasteiger partial charge in [0.15, 0.2) is 0 Å². The predicted octanol–water partition coefficient (Wildman–Crippen LogP) is 3.60. The average Bonchev–Trinajstić information content (AvgIpc) is 2.64. The molecule has 0 spiro atoms. The molecule has 10 heteroatoms. The summed E-state index contributed by atoms with van der Waals surface area (Å²) in [5.74, 6) is 0.798. The molecule has 0 unspecified atom stereocenters. The van der Waals surface area contributed by atoms with Crippen LogP contribution in [0.5, 0.6) is 0 Å². The van der Waals surface area contributed by atoms with Gasteiger partial charge in [-0.2, -0.15) is 0 Å². The Morgan fingerprint density at radius 2 is 1.18 bits per heavy atom. The second-order valence-electron chi connectivity index (χ2n) is 7.77. The fourth-order valence-corrected chi connectivity index (χ4v) is 3.54. The Labute approximate surface area is 172 Å². The molecule has 0 rings (SSSR count). The molecule has 0 amide bonds. The second-order valence-corrected chi connectivity index (χ2v) is 9.30. The van der Waals surface area contributed by atoms with Crippen LogP contribution in [0.15, 0.2) is 0 Å². The van der Waals surface area contributed by atoms with E-state index in [0.717, 1.165) is 18.8 Å². The fraction of sp³-hybridized carbons (Fsp3) is 1.00. The molecule has 0 fully saturated rings. The van der Waals surface area contributed by atoms with Crippen molar-refractivity contribution < 1.29 is 38.5 Å². The minimum atomic E-state index is -2.58. The van der Waals surface area contributed by atoms with Crippen LogP contribution in [0.4, 0.5) is 0 Å². The van der Waals surface area contributed by atoms with Crippen LogP contribution >= 0.6 is 17.2 Å². The largest absolute Gasteiger partial charge is 0.396 e. The van der Waals surface area contributed by atoms with E-state index < -0.39 is 29.2 Å². The number of aliphatic hydroxyl groups excluding tert-OH is 1. The van der Waals surface area contributed by atoms with Gasteiger partial charge in [0.05, 0.1) is 31.8 Å². The first kappa shape index (κ1) is 28.5. The molecule has 0 aromatic carbocycles. The van der Waals surface area contributed by atoms with Gasteiger partial charge in [0.2, 0.25) is 0 Å². The number of aliphatic hydroxyl groups is 1. The molecule has 0 aromatic heterocycles. The molecule has 0 saturated heterocycles. The lowest BCUT2D eigenvalue weighted by Gasteiger charge is -2.31. The summed E-state index contributed by atoms with van der Waals surface area (Å²) in [5.41, 5.74) is -1.08. The third-order valence-electron chi connectivity index (χ3n) is 4.54. The van der Waals surface area contributed by atoms with Crippen LogP contribution in [0.1, 0.15) is 71.6 Å². The van der Waals surface area contributed by atoms with Crippen LogP contribution in [0.25, 0.3) is 0 Å². The highest BCUT2D eigenvalue weighted by molar-refractivity contribution is 7.39. The Bertz CT molecular complexity index is 334. The van der Waals surface area contributed by atoms with Crippen molar-refractivity contribution in [2.24, 2.45) is 11.3 Å². The maximum absolute atomic E-state index is 9.64. The van der Waals surface area contributed by atoms with Crippen molar-refractivity contribution in [3.8, 4) is 0 Å². The highest BCUT2D eigenvalue weighted by atomic mass is 31.2. The number of unbranched alkanes of at least 4 members (excludes halogenated alkanes) is 7. The Kier molecular flexibility index (Phi) is 18.7. The van der Waals surface area contributed by atoms with Gasteiger partial charge in [-0.15, -0.1) is 0 Å². The molecule has 28 heavy (non-hydrogen) atoms. The first-order valence-corrected chi connectivity index (χ1v) is 12.4. The summed E-state index contributed by atoms with van der Waals surface area (Å²) in [6, 6.07) is 0. The monoisotopic (exact) mass is 446 g/mol. The van der Waals surface area contributed by atoms with Crippen LogP contribution in [0.2, 0.25) is 0 Å². The minimum absolute atomic E-state index is 0.0612. The van der Waals surface area contributed by atoms with Crippen molar-refractivity contribution in [1.82, 2.24) is 0 Å². The van der Waals surface area contributed by atoms with Gasteiger partial charge in [-0.25, -0.2) is 0 Å². The molecule has 5 N–H and O–H groups in total. The maximum atomic E-state index is 9.64. The van der Waals surface area contributed by atoms with Gasteiger partial charge in [0.1, 0.15) is 0 Å². The molecular weight excluding hydrogens is 406 g/mol. The van der Waals surface area contributed by atoms with E-state index in [1.807, 2.05) is 0 Å². The van der Waals surface area contributed by atoms with E-state index in [0.29, 0.717) is 6.61 Å².